The molecular formula is C21H23ClN2O5S. The van der Waals surface area contributed by atoms with Crippen LogP contribution in [0, 0.1) is 0 Å². The van der Waals surface area contributed by atoms with E-state index in [1.54, 1.807) is 44.2 Å². The third-order valence-electron chi connectivity index (χ3n) is 4.09. The first-order chi connectivity index (χ1) is 14.3. The van der Waals surface area contributed by atoms with Crippen molar-refractivity contribution in [3.8, 4) is 0 Å². The second-order valence-electron chi connectivity index (χ2n) is 6.16. The molecule has 2 aromatic carbocycles. The van der Waals surface area contributed by atoms with Gasteiger partial charge < -0.3 is 10.1 Å². The number of carbonyl (C=O) groups is 2. The fraction of sp³-hybridized carbons (Fsp3) is 0.238. The van der Waals surface area contributed by atoms with E-state index in [0.717, 1.165) is 5.56 Å². The normalized spacial score (nSPS) is 11.6. The van der Waals surface area contributed by atoms with Crippen molar-refractivity contribution in [1.82, 2.24) is 4.31 Å². The zero-order valence-electron chi connectivity index (χ0n) is 16.7. The van der Waals surface area contributed by atoms with Gasteiger partial charge in [-0.1, -0.05) is 43.6 Å². The highest BCUT2D eigenvalue weighted by atomic mass is 35.5. The van der Waals surface area contributed by atoms with Crippen LogP contribution in [0.25, 0.3) is 6.08 Å². The van der Waals surface area contributed by atoms with Gasteiger partial charge in [0.25, 0.3) is 5.91 Å². The summed E-state index contributed by atoms with van der Waals surface area (Å²) in [5.41, 5.74) is 1.05. The Kier molecular flexibility index (Phi) is 8.58. The number of anilines is 1. The Morgan fingerprint density at radius 1 is 1.10 bits per heavy atom. The first kappa shape index (κ1) is 23.6. The summed E-state index contributed by atoms with van der Waals surface area (Å²) in [6, 6.07) is 12.8. The van der Waals surface area contributed by atoms with Crippen LogP contribution in [-0.2, 0) is 24.3 Å². The van der Waals surface area contributed by atoms with Gasteiger partial charge in [0.2, 0.25) is 10.0 Å². The zero-order chi connectivity index (χ0) is 22.1. The average molecular weight is 451 g/mol. The van der Waals surface area contributed by atoms with Crippen LogP contribution in [-0.4, -0.2) is 44.3 Å². The summed E-state index contributed by atoms with van der Waals surface area (Å²) in [5.74, 6) is -1.27. The van der Waals surface area contributed by atoms with E-state index in [-0.39, 0.29) is 4.90 Å². The van der Waals surface area contributed by atoms with Crippen molar-refractivity contribution < 1.29 is 22.7 Å². The predicted molar refractivity (Wildman–Crippen MR) is 117 cm³/mol. The van der Waals surface area contributed by atoms with Crippen LogP contribution in [0.5, 0.6) is 0 Å². The molecule has 1 amide bonds. The molecule has 2 rings (SSSR count). The van der Waals surface area contributed by atoms with Gasteiger partial charge >= 0.3 is 5.97 Å². The molecule has 7 nitrogen and oxygen atoms in total. The summed E-state index contributed by atoms with van der Waals surface area (Å²) >= 11 is 5.79. The topological polar surface area (TPSA) is 92.8 Å². The maximum absolute atomic E-state index is 12.6. The number of benzene rings is 2. The molecule has 0 saturated heterocycles. The van der Waals surface area contributed by atoms with E-state index in [1.807, 2.05) is 0 Å². The van der Waals surface area contributed by atoms with E-state index in [1.165, 1.54) is 34.7 Å². The summed E-state index contributed by atoms with van der Waals surface area (Å²) in [4.78, 5) is 23.9. The maximum Gasteiger partial charge on any atom is 0.331 e. The lowest BCUT2D eigenvalue weighted by molar-refractivity contribution is -0.142. The molecule has 1 N–H and O–H groups in total. The van der Waals surface area contributed by atoms with Gasteiger partial charge in [-0.15, -0.1) is 0 Å². The molecular weight excluding hydrogens is 428 g/mol. The minimum absolute atomic E-state index is 0.0758. The Balaban J connectivity index is 1.93. The van der Waals surface area contributed by atoms with Crippen LogP contribution in [0.4, 0.5) is 5.69 Å². The van der Waals surface area contributed by atoms with Gasteiger partial charge in [0.15, 0.2) is 6.61 Å². The van der Waals surface area contributed by atoms with Gasteiger partial charge in [0, 0.05) is 29.9 Å². The predicted octanol–water partition coefficient (Wildman–Crippen LogP) is 3.57. The lowest BCUT2D eigenvalue weighted by Gasteiger charge is -2.18. The summed E-state index contributed by atoms with van der Waals surface area (Å²) in [6.07, 6.45) is 2.74. The van der Waals surface area contributed by atoms with Gasteiger partial charge in [0.1, 0.15) is 0 Å². The molecule has 2 aromatic rings. The van der Waals surface area contributed by atoms with Gasteiger partial charge in [-0.25, -0.2) is 13.2 Å². The number of sulfonamides is 1. The SMILES string of the molecule is CCN(CC)S(=O)(=O)c1cccc(NC(=O)COC(=O)/C=C/c2ccc(Cl)cc2)c1. The van der Waals surface area contributed by atoms with E-state index in [0.29, 0.717) is 23.8 Å². The van der Waals surface area contributed by atoms with Crippen LogP contribution in [0.15, 0.2) is 59.5 Å². The Morgan fingerprint density at radius 2 is 1.77 bits per heavy atom. The standard InChI is InChI=1S/C21H23ClN2O5S/c1-3-24(4-2)30(27,28)19-7-5-6-18(14-19)23-20(25)15-29-21(26)13-10-16-8-11-17(22)12-9-16/h5-14H,3-4,15H2,1-2H3,(H,23,25)/b13-10+. The summed E-state index contributed by atoms with van der Waals surface area (Å²) < 4.78 is 31.4. The second-order valence-corrected chi connectivity index (χ2v) is 8.53. The number of rotatable bonds is 9. The van der Waals surface area contributed by atoms with Crippen molar-refractivity contribution in [3.63, 3.8) is 0 Å². The number of amides is 1. The van der Waals surface area contributed by atoms with Crippen LogP contribution in [0.3, 0.4) is 0 Å². The minimum Gasteiger partial charge on any atom is -0.452 e. The van der Waals surface area contributed by atoms with Crippen LogP contribution >= 0.6 is 11.6 Å². The van der Waals surface area contributed by atoms with E-state index >= 15 is 0 Å². The molecule has 0 aliphatic heterocycles. The van der Waals surface area contributed by atoms with Crippen LogP contribution < -0.4 is 5.32 Å². The molecule has 0 radical (unpaired) electrons. The largest absolute Gasteiger partial charge is 0.452 e. The van der Waals surface area contributed by atoms with E-state index in [2.05, 4.69) is 5.32 Å². The third-order valence-corrected chi connectivity index (χ3v) is 6.39. The number of ether oxygens (including phenoxy) is 1. The van der Waals surface area contributed by atoms with Gasteiger partial charge in [-0.3, -0.25) is 4.79 Å². The Morgan fingerprint density at radius 3 is 2.40 bits per heavy atom. The highest BCUT2D eigenvalue weighted by Gasteiger charge is 2.21. The summed E-state index contributed by atoms with van der Waals surface area (Å²) in [6.45, 7) is 3.69. The Labute approximate surface area is 181 Å². The van der Waals surface area contributed by atoms with Crippen molar-refractivity contribution in [2.24, 2.45) is 0 Å². The number of hydrogen-bond acceptors (Lipinski definition) is 5. The highest BCUT2D eigenvalue weighted by molar-refractivity contribution is 7.89. The first-order valence-corrected chi connectivity index (χ1v) is 11.1. The first-order valence-electron chi connectivity index (χ1n) is 9.26. The monoisotopic (exact) mass is 450 g/mol. The Bertz CT molecular complexity index is 1020. The van der Waals surface area contributed by atoms with Crippen molar-refractivity contribution in [2.45, 2.75) is 18.7 Å². The smallest absolute Gasteiger partial charge is 0.331 e. The molecule has 0 saturated carbocycles. The molecule has 0 fully saturated rings. The number of esters is 1. The van der Waals surface area contributed by atoms with Crippen molar-refractivity contribution in [2.75, 3.05) is 25.0 Å². The fourth-order valence-electron chi connectivity index (χ4n) is 2.57. The summed E-state index contributed by atoms with van der Waals surface area (Å²) in [7, 11) is -3.64. The molecule has 0 aliphatic rings. The van der Waals surface area contributed by atoms with Crippen molar-refractivity contribution in [1.29, 1.82) is 0 Å². The second kappa shape index (κ2) is 10.9. The summed E-state index contributed by atoms with van der Waals surface area (Å²) in [5, 5.41) is 3.11. The number of carbonyl (C=O) groups excluding carboxylic acids is 2. The molecule has 0 bridgehead atoms. The number of halogens is 1. The molecule has 9 heteroatoms. The fourth-order valence-corrected chi connectivity index (χ4v) is 4.20. The average Bonchev–Trinajstić information content (AvgIpc) is 2.72. The number of hydrogen-bond donors (Lipinski definition) is 1. The van der Waals surface area contributed by atoms with Gasteiger partial charge in [-0.05, 0) is 42.0 Å². The maximum atomic E-state index is 12.6. The zero-order valence-corrected chi connectivity index (χ0v) is 18.2. The van der Waals surface area contributed by atoms with Crippen LogP contribution in [0.2, 0.25) is 5.02 Å². The highest BCUT2D eigenvalue weighted by Crippen LogP contribution is 2.19. The molecule has 0 aliphatic carbocycles. The lowest BCUT2D eigenvalue weighted by Crippen LogP contribution is -2.30. The Hall–Kier alpha value is -2.68. The molecule has 0 unspecified atom stereocenters. The molecule has 0 heterocycles. The molecule has 0 atom stereocenters. The van der Waals surface area contributed by atoms with E-state index in [4.69, 9.17) is 16.3 Å². The van der Waals surface area contributed by atoms with E-state index < -0.39 is 28.5 Å². The minimum atomic E-state index is -3.64. The van der Waals surface area contributed by atoms with Gasteiger partial charge in [0.05, 0.1) is 4.90 Å². The molecule has 30 heavy (non-hydrogen) atoms. The third kappa shape index (κ3) is 6.69. The van der Waals surface area contributed by atoms with Crippen LogP contribution in [0.1, 0.15) is 19.4 Å². The van der Waals surface area contributed by atoms with Crippen molar-refractivity contribution in [3.05, 3.63) is 65.2 Å². The molecule has 160 valence electrons. The number of nitrogens with one attached hydrogen (secondary N) is 1. The lowest BCUT2D eigenvalue weighted by atomic mass is 10.2. The molecule has 0 spiro atoms. The number of nitrogens with zero attached hydrogens (tertiary/aromatic N) is 1. The van der Waals surface area contributed by atoms with Gasteiger partial charge in [-0.2, -0.15) is 4.31 Å². The quantitative estimate of drug-likeness (QED) is 0.465. The van der Waals surface area contributed by atoms with Crippen molar-refractivity contribution >= 4 is 45.3 Å². The molecule has 0 aromatic heterocycles. The van der Waals surface area contributed by atoms with E-state index in [9.17, 15) is 18.0 Å².